The number of amides is 1. The number of nitrogens with zero attached hydrogens (tertiary/aromatic N) is 1. The molecule has 0 bridgehead atoms. The lowest BCUT2D eigenvalue weighted by molar-refractivity contribution is 0.0295. The third kappa shape index (κ3) is 3.77. The Morgan fingerprint density at radius 2 is 2.12 bits per heavy atom. The summed E-state index contributed by atoms with van der Waals surface area (Å²) in [5, 5.41) is 0.123. The van der Waals surface area contributed by atoms with Gasteiger partial charge in [0, 0.05) is 29.6 Å². The van der Waals surface area contributed by atoms with Crippen LogP contribution in [0.4, 0.5) is 4.79 Å². The Morgan fingerprint density at radius 3 is 2.62 bits per heavy atom. The Bertz CT molecular complexity index is 285. The lowest BCUT2D eigenvalue weighted by atomic mass is 10.2. The van der Waals surface area contributed by atoms with Gasteiger partial charge in [-0.2, -0.15) is 0 Å². The Balaban J connectivity index is 2.47. The van der Waals surface area contributed by atoms with Crippen LogP contribution in [-0.4, -0.2) is 44.9 Å². The van der Waals surface area contributed by atoms with E-state index >= 15 is 0 Å². The van der Waals surface area contributed by atoms with Gasteiger partial charge >= 0.3 is 6.09 Å². The van der Waals surface area contributed by atoms with E-state index in [1.54, 1.807) is 4.90 Å². The molecule has 2 atom stereocenters. The van der Waals surface area contributed by atoms with Gasteiger partial charge in [-0.05, 0) is 27.2 Å². The summed E-state index contributed by atoms with van der Waals surface area (Å²) in [7, 11) is -0.812. The van der Waals surface area contributed by atoms with E-state index in [9.17, 15) is 9.00 Å². The van der Waals surface area contributed by atoms with Crippen LogP contribution in [0.15, 0.2) is 0 Å². The van der Waals surface area contributed by atoms with Crippen molar-refractivity contribution in [3.8, 4) is 0 Å². The molecule has 1 aliphatic rings. The van der Waals surface area contributed by atoms with Gasteiger partial charge in [0.1, 0.15) is 5.60 Å². The predicted octanol–water partition coefficient (Wildman–Crippen LogP) is 1.76. The molecule has 0 N–H and O–H groups in total. The Morgan fingerprint density at radius 1 is 1.50 bits per heavy atom. The van der Waals surface area contributed by atoms with E-state index in [0.29, 0.717) is 18.8 Å². The van der Waals surface area contributed by atoms with Gasteiger partial charge in [0.2, 0.25) is 0 Å². The summed E-state index contributed by atoms with van der Waals surface area (Å²) in [4.78, 5) is 13.4. The molecule has 4 nitrogen and oxygen atoms in total. The maximum atomic E-state index is 11.7. The molecular formula is C11H21NO3S. The molecule has 1 rings (SSSR count). The molecule has 0 aromatic carbocycles. The largest absolute Gasteiger partial charge is 0.444 e. The predicted molar refractivity (Wildman–Crippen MR) is 64.9 cm³/mol. The highest BCUT2D eigenvalue weighted by Crippen LogP contribution is 2.18. The SMILES string of the molecule is CCS(=O)C1CCN(C(=O)OC(C)(C)C)C1. The van der Waals surface area contributed by atoms with Crippen molar-refractivity contribution in [3.05, 3.63) is 0 Å². The lowest BCUT2D eigenvalue weighted by Gasteiger charge is -2.24. The van der Waals surface area contributed by atoms with Gasteiger partial charge in [0.15, 0.2) is 0 Å². The number of carbonyl (C=O) groups excluding carboxylic acids is 1. The number of hydrogen-bond acceptors (Lipinski definition) is 3. The van der Waals surface area contributed by atoms with Crippen molar-refractivity contribution < 1.29 is 13.7 Å². The molecule has 1 saturated heterocycles. The molecule has 94 valence electrons. The van der Waals surface area contributed by atoms with Crippen molar-refractivity contribution in [3.63, 3.8) is 0 Å². The summed E-state index contributed by atoms with van der Waals surface area (Å²) >= 11 is 0. The number of rotatable bonds is 2. The van der Waals surface area contributed by atoms with Crippen molar-refractivity contribution >= 4 is 16.9 Å². The molecule has 1 aliphatic heterocycles. The number of ether oxygens (including phenoxy) is 1. The molecule has 0 aromatic rings. The van der Waals surface area contributed by atoms with Gasteiger partial charge in [0.25, 0.3) is 0 Å². The molecule has 0 aliphatic carbocycles. The van der Waals surface area contributed by atoms with Crippen LogP contribution in [-0.2, 0) is 15.5 Å². The number of likely N-dealkylation sites (tertiary alicyclic amines) is 1. The molecule has 1 fully saturated rings. The van der Waals surface area contributed by atoms with Gasteiger partial charge in [0.05, 0.1) is 5.25 Å². The van der Waals surface area contributed by atoms with Crippen LogP contribution in [0, 0.1) is 0 Å². The molecule has 1 heterocycles. The molecule has 2 unspecified atom stereocenters. The van der Waals surface area contributed by atoms with Crippen molar-refractivity contribution in [2.24, 2.45) is 0 Å². The first-order valence-electron chi connectivity index (χ1n) is 5.68. The smallest absolute Gasteiger partial charge is 0.410 e. The monoisotopic (exact) mass is 247 g/mol. The van der Waals surface area contributed by atoms with E-state index in [1.165, 1.54) is 0 Å². The minimum Gasteiger partial charge on any atom is -0.444 e. The first kappa shape index (κ1) is 13.5. The summed E-state index contributed by atoms with van der Waals surface area (Å²) in [6, 6.07) is 0. The van der Waals surface area contributed by atoms with Crippen LogP contribution in [0.1, 0.15) is 34.1 Å². The van der Waals surface area contributed by atoms with Gasteiger partial charge in [-0.25, -0.2) is 4.79 Å². The van der Waals surface area contributed by atoms with Crippen LogP contribution in [0.25, 0.3) is 0 Å². The first-order valence-corrected chi connectivity index (χ1v) is 7.07. The van der Waals surface area contributed by atoms with E-state index in [2.05, 4.69) is 0 Å². The summed E-state index contributed by atoms with van der Waals surface area (Å²) in [6.45, 7) is 8.68. The van der Waals surface area contributed by atoms with Crippen LogP contribution in [0.2, 0.25) is 0 Å². The normalized spacial score (nSPS) is 23.2. The molecular weight excluding hydrogens is 226 g/mol. The average molecular weight is 247 g/mol. The van der Waals surface area contributed by atoms with Crippen molar-refractivity contribution in [2.45, 2.75) is 45.0 Å². The van der Waals surface area contributed by atoms with Gasteiger partial charge in [-0.1, -0.05) is 6.92 Å². The Kier molecular flexibility index (Phi) is 4.35. The zero-order chi connectivity index (χ0) is 12.3. The fourth-order valence-corrected chi connectivity index (χ4v) is 2.86. The fourth-order valence-electron chi connectivity index (χ4n) is 1.67. The third-order valence-electron chi connectivity index (χ3n) is 2.45. The summed E-state index contributed by atoms with van der Waals surface area (Å²) in [5.41, 5.74) is -0.459. The summed E-state index contributed by atoms with van der Waals surface area (Å²) in [5.74, 6) is 0.660. The maximum Gasteiger partial charge on any atom is 0.410 e. The zero-order valence-electron chi connectivity index (χ0n) is 10.5. The highest BCUT2D eigenvalue weighted by Gasteiger charge is 2.31. The highest BCUT2D eigenvalue weighted by atomic mass is 32.2. The van der Waals surface area contributed by atoms with Crippen molar-refractivity contribution in [2.75, 3.05) is 18.8 Å². The summed E-state index contributed by atoms with van der Waals surface area (Å²) in [6.07, 6.45) is 0.530. The minimum absolute atomic E-state index is 0.123. The minimum atomic E-state index is -0.812. The topological polar surface area (TPSA) is 46.6 Å². The fraction of sp³-hybridized carbons (Fsp3) is 0.909. The molecule has 0 radical (unpaired) electrons. The van der Waals surface area contributed by atoms with E-state index < -0.39 is 16.4 Å². The molecule has 0 saturated carbocycles. The van der Waals surface area contributed by atoms with E-state index in [0.717, 1.165) is 6.42 Å². The molecule has 5 heteroatoms. The second kappa shape index (κ2) is 5.17. The molecule has 1 amide bonds. The van der Waals surface area contributed by atoms with Gasteiger partial charge in [-0.15, -0.1) is 0 Å². The van der Waals surface area contributed by atoms with Gasteiger partial charge < -0.3 is 9.64 Å². The highest BCUT2D eigenvalue weighted by molar-refractivity contribution is 7.85. The van der Waals surface area contributed by atoms with Crippen LogP contribution < -0.4 is 0 Å². The van der Waals surface area contributed by atoms with Crippen LogP contribution in [0.5, 0.6) is 0 Å². The second-order valence-corrected chi connectivity index (χ2v) is 7.01. The second-order valence-electron chi connectivity index (χ2n) is 5.01. The zero-order valence-corrected chi connectivity index (χ0v) is 11.3. The average Bonchev–Trinajstić information content (AvgIpc) is 2.62. The molecule has 0 aromatic heterocycles. The number of hydrogen-bond donors (Lipinski definition) is 0. The van der Waals surface area contributed by atoms with E-state index in [-0.39, 0.29) is 11.3 Å². The van der Waals surface area contributed by atoms with Crippen LogP contribution in [0.3, 0.4) is 0 Å². The number of carbonyl (C=O) groups is 1. The Hall–Kier alpha value is -0.580. The summed E-state index contributed by atoms with van der Waals surface area (Å²) < 4.78 is 16.9. The molecule has 0 spiro atoms. The lowest BCUT2D eigenvalue weighted by Crippen LogP contribution is -2.36. The first-order chi connectivity index (χ1) is 7.33. The Labute approximate surface area is 99.8 Å². The third-order valence-corrected chi connectivity index (χ3v) is 4.15. The van der Waals surface area contributed by atoms with Crippen molar-refractivity contribution in [1.82, 2.24) is 4.90 Å². The van der Waals surface area contributed by atoms with E-state index in [1.807, 2.05) is 27.7 Å². The van der Waals surface area contributed by atoms with E-state index in [4.69, 9.17) is 4.74 Å². The quantitative estimate of drug-likeness (QED) is 0.747. The van der Waals surface area contributed by atoms with Gasteiger partial charge in [-0.3, -0.25) is 4.21 Å². The maximum absolute atomic E-state index is 11.7. The molecule has 16 heavy (non-hydrogen) atoms. The van der Waals surface area contributed by atoms with Crippen LogP contribution >= 0.6 is 0 Å². The van der Waals surface area contributed by atoms with Crippen molar-refractivity contribution in [1.29, 1.82) is 0 Å². The standard InChI is InChI=1S/C11H21NO3S/c1-5-16(14)9-6-7-12(8-9)10(13)15-11(2,3)4/h9H,5-8H2,1-4H3.